The van der Waals surface area contributed by atoms with E-state index >= 15 is 0 Å². The molecule has 0 radical (unpaired) electrons. The van der Waals surface area contributed by atoms with Gasteiger partial charge in [0.05, 0.1) is 16.5 Å². The zero-order valence-electron chi connectivity index (χ0n) is 14.6. The second-order valence-electron chi connectivity index (χ2n) is 6.94. The third kappa shape index (κ3) is 2.89. The number of benzene rings is 1. The number of nitrogens with zero attached hydrogens (tertiary/aromatic N) is 1. The number of nitrogens with two attached hydrogens (primary N) is 1. The van der Waals surface area contributed by atoms with E-state index in [0.717, 1.165) is 4.90 Å². The molecule has 2 aliphatic rings. The largest absolute Gasteiger partial charge is 0.478 e. The number of nitrogens with one attached hydrogen (secondary N) is 1. The van der Waals surface area contributed by atoms with Crippen molar-refractivity contribution >= 4 is 39.6 Å². The summed E-state index contributed by atoms with van der Waals surface area (Å²) < 4.78 is 23.1. The summed E-state index contributed by atoms with van der Waals surface area (Å²) in [7, 11) is -4.39. The summed E-state index contributed by atoms with van der Waals surface area (Å²) in [6, 6.07) is 7.54. The van der Waals surface area contributed by atoms with Crippen molar-refractivity contribution < 1.29 is 27.9 Å². The Morgan fingerprint density at radius 3 is 2.41 bits per heavy atom. The lowest BCUT2D eigenvalue weighted by Gasteiger charge is -2.46. The molecule has 146 valence electrons. The van der Waals surface area contributed by atoms with Crippen LogP contribution in [0.4, 0.5) is 0 Å². The van der Waals surface area contributed by atoms with Gasteiger partial charge in [0.15, 0.2) is 5.25 Å². The van der Waals surface area contributed by atoms with E-state index in [9.17, 15) is 27.9 Å². The normalized spacial score (nSPS) is 27.4. The Balaban J connectivity index is 2.05. The Hall–Kier alpha value is -2.11. The zero-order valence-corrected chi connectivity index (χ0v) is 16.2. The van der Waals surface area contributed by atoms with Gasteiger partial charge in [-0.05, 0) is 19.4 Å². The highest BCUT2D eigenvalue weighted by molar-refractivity contribution is 8.01. The number of hydrogen-bond acceptors (Lipinski definition) is 6. The van der Waals surface area contributed by atoms with Crippen molar-refractivity contribution in [1.82, 2.24) is 10.2 Å². The third-order valence-corrected chi connectivity index (χ3v) is 7.53. The Morgan fingerprint density at radius 1 is 1.33 bits per heavy atom. The maximum atomic E-state index is 12.9. The first-order valence-electron chi connectivity index (χ1n) is 8.04. The van der Waals surface area contributed by atoms with Crippen molar-refractivity contribution in [1.29, 1.82) is 0 Å². The van der Waals surface area contributed by atoms with Gasteiger partial charge in [-0.3, -0.25) is 14.5 Å². The fourth-order valence-electron chi connectivity index (χ4n) is 3.59. The molecule has 2 aliphatic heterocycles. The van der Waals surface area contributed by atoms with Gasteiger partial charge in [0.25, 0.3) is 0 Å². The van der Waals surface area contributed by atoms with E-state index < -0.39 is 48.8 Å². The topological polar surface area (TPSA) is 147 Å². The average Bonchev–Trinajstić information content (AvgIpc) is 2.70. The molecule has 0 bridgehead atoms. The number of rotatable bonds is 5. The molecule has 3 atom stereocenters. The van der Waals surface area contributed by atoms with Crippen LogP contribution in [0.1, 0.15) is 31.1 Å². The zero-order chi connectivity index (χ0) is 20.2. The number of hydrogen-bond donors (Lipinski definition) is 3. The Labute approximate surface area is 160 Å². The molecule has 1 unspecified atom stereocenters. The number of carboxylic acids is 1. The van der Waals surface area contributed by atoms with Crippen molar-refractivity contribution in [2.75, 3.05) is 0 Å². The minimum Gasteiger partial charge on any atom is -0.478 e. The highest BCUT2D eigenvalue weighted by Crippen LogP contribution is 2.55. The maximum absolute atomic E-state index is 12.9. The molecule has 3 rings (SSSR count). The van der Waals surface area contributed by atoms with Crippen LogP contribution in [-0.4, -0.2) is 52.0 Å². The molecule has 2 amide bonds. The number of sulfonamides is 1. The number of thioether (sulfide) groups is 1. The van der Waals surface area contributed by atoms with Crippen LogP contribution in [0.25, 0.3) is 0 Å². The second-order valence-corrected chi connectivity index (χ2v) is 10.4. The van der Waals surface area contributed by atoms with E-state index in [0.29, 0.717) is 0 Å². The van der Waals surface area contributed by atoms with Crippen molar-refractivity contribution in [3.63, 3.8) is 0 Å². The minimum absolute atomic E-state index is 0.105. The molecule has 2 fully saturated rings. The van der Waals surface area contributed by atoms with Crippen LogP contribution in [0.2, 0.25) is 0 Å². The van der Waals surface area contributed by atoms with Crippen molar-refractivity contribution in [2.45, 2.75) is 41.3 Å². The molecule has 4 N–H and O–H groups in total. The van der Waals surface area contributed by atoms with Crippen LogP contribution >= 0.6 is 11.8 Å². The number of aliphatic carboxylic acids is 1. The molecule has 11 heteroatoms. The van der Waals surface area contributed by atoms with Crippen LogP contribution in [0, 0.1) is 0 Å². The molecule has 1 aromatic rings. The third-order valence-electron chi connectivity index (χ3n) is 4.85. The van der Waals surface area contributed by atoms with Crippen molar-refractivity contribution in [3.8, 4) is 0 Å². The lowest BCUT2D eigenvalue weighted by Crippen LogP contribution is -2.75. The fraction of sp³-hybridized carbons (Fsp3) is 0.438. The van der Waals surface area contributed by atoms with Gasteiger partial charge < -0.3 is 10.4 Å². The highest BCUT2D eigenvalue weighted by Gasteiger charge is 2.70. The average molecular weight is 413 g/mol. The van der Waals surface area contributed by atoms with E-state index in [2.05, 4.69) is 5.32 Å². The Morgan fingerprint density at radius 2 is 1.93 bits per heavy atom. The number of carbonyl (C=O) groups excluding carboxylic acids is 2. The van der Waals surface area contributed by atoms with Crippen molar-refractivity contribution in [3.05, 3.63) is 35.9 Å². The van der Waals surface area contributed by atoms with Gasteiger partial charge in [-0.25, -0.2) is 18.4 Å². The summed E-state index contributed by atoms with van der Waals surface area (Å²) in [5.41, 5.74) is -1.97. The van der Waals surface area contributed by atoms with Gasteiger partial charge in [-0.1, -0.05) is 30.3 Å². The number of carboxylic acid groups (broad SMARTS) is 1. The first-order chi connectivity index (χ1) is 12.4. The summed E-state index contributed by atoms with van der Waals surface area (Å²) in [6.07, 6.45) is 0.163. The van der Waals surface area contributed by atoms with Gasteiger partial charge in [-0.15, -0.1) is 11.8 Å². The smallest absolute Gasteiger partial charge is 0.352 e. The number of β-lactam (4-membered cyclic amide) rings is 1. The predicted molar refractivity (Wildman–Crippen MR) is 97.7 cm³/mol. The van der Waals surface area contributed by atoms with Crippen LogP contribution < -0.4 is 10.5 Å². The molecule has 0 spiro atoms. The van der Waals surface area contributed by atoms with Gasteiger partial charge in [0.1, 0.15) is 0 Å². The molecular weight excluding hydrogens is 394 g/mol. The molecule has 0 aliphatic carbocycles. The van der Waals surface area contributed by atoms with Crippen molar-refractivity contribution in [2.24, 2.45) is 5.14 Å². The van der Waals surface area contributed by atoms with E-state index in [-0.39, 0.29) is 12.0 Å². The van der Waals surface area contributed by atoms with Gasteiger partial charge >= 0.3 is 5.97 Å². The molecule has 0 aromatic heterocycles. The maximum Gasteiger partial charge on any atom is 0.352 e. The molecule has 2 heterocycles. The van der Waals surface area contributed by atoms with E-state index in [1.54, 1.807) is 19.9 Å². The fourth-order valence-corrected chi connectivity index (χ4v) is 6.17. The van der Waals surface area contributed by atoms with E-state index in [1.807, 2.05) is 0 Å². The van der Waals surface area contributed by atoms with Crippen LogP contribution in [-0.2, 0) is 24.4 Å². The molecule has 9 nitrogen and oxygen atoms in total. The lowest BCUT2D eigenvalue weighted by molar-refractivity contribution is -0.173. The second kappa shape index (κ2) is 6.21. The summed E-state index contributed by atoms with van der Waals surface area (Å²) >= 11 is 1.24. The predicted octanol–water partition coefficient (Wildman–Crippen LogP) is -0.00290. The summed E-state index contributed by atoms with van der Waals surface area (Å²) in [5.74, 6) is -2.96. The number of fused-ring (bicyclic) bond motifs is 1. The molecule has 0 saturated carbocycles. The van der Waals surface area contributed by atoms with E-state index in [4.69, 9.17) is 5.14 Å². The highest BCUT2D eigenvalue weighted by atomic mass is 32.2. The molecular formula is C16H19N3O6S2. The Kier molecular flexibility index (Phi) is 4.52. The number of amides is 2. The summed E-state index contributed by atoms with van der Waals surface area (Å²) in [5, 5.41) is 15.3. The minimum atomic E-state index is -4.39. The SMILES string of the molecule is CC1(C)S[C@@H]2CC(=O)N2[C@@]1(NC(=O)C(c1ccccc1)S(N)(=O)=O)C(=O)O. The van der Waals surface area contributed by atoms with Crippen LogP contribution in [0.3, 0.4) is 0 Å². The lowest BCUT2D eigenvalue weighted by atomic mass is 9.89. The quantitative estimate of drug-likeness (QED) is 0.576. The first-order valence-corrected chi connectivity index (χ1v) is 10.5. The standard InChI is InChI=1S/C16H19N3O6S2/c1-15(2)16(14(22)23,19-10(20)8-11(19)26-15)18-13(21)12(27(17,24)25)9-6-4-3-5-7-9/h3-7,11-12H,8H2,1-2H3,(H,18,21)(H,22,23)(H2,17,24,25)/t11-,12?,16+/m1/s1. The number of primary sulfonamides is 1. The summed E-state index contributed by atoms with van der Waals surface area (Å²) in [4.78, 5) is 38.4. The number of carbonyl (C=O) groups is 3. The van der Waals surface area contributed by atoms with Gasteiger partial charge in [-0.2, -0.15) is 0 Å². The molecule has 27 heavy (non-hydrogen) atoms. The summed E-state index contributed by atoms with van der Waals surface area (Å²) in [6.45, 7) is 3.18. The molecule has 1 aromatic carbocycles. The Bertz CT molecular complexity index is 917. The van der Waals surface area contributed by atoms with Gasteiger partial charge in [0.2, 0.25) is 27.5 Å². The van der Waals surface area contributed by atoms with Crippen LogP contribution in [0.5, 0.6) is 0 Å². The monoisotopic (exact) mass is 413 g/mol. The first kappa shape index (κ1) is 19.6. The van der Waals surface area contributed by atoms with Crippen LogP contribution in [0.15, 0.2) is 30.3 Å². The van der Waals surface area contributed by atoms with E-state index in [1.165, 1.54) is 36.0 Å². The molecule has 2 saturated heterocycles. The van der Waals surface area contributed by atoms with Gasteiger partial charge in [0, 0.05) is 0 Å².